The van der Waals surface area contributed by atoms with Crippen LogP contribution in [0.2, 0.25) is 0 Å². The molecule has 0 atom stereocenters. The predicted molar refractivity (Wildman–Crippen MR) is 137 cm³/mol. The molecule has 5 rings (SSSR count). The van der Waals surface area contributed by atoms with Crippen molar-refractivity contribution in [3.63, 3.8) is 0 Å². The molecule has 2 aromatic carbocycles. The first kappa shape index (κ1) is 23.6. The highest BCUT2D eigenvalue weighted by atomic mass is 32.2. The third-order valence-electron chi connectivity index (χ3n) is 6.00. The number of rotatable bonds is 6. The Morgan fingerprint density at radius 3 is 2.75 bits per heavy atom. The molecule has 4 aromatic rings. The minimum atomic E-state index is -3.43. The quantitative estimate of drug-likeness (QED) is 0.404. The predicted octanol–water partition coefficient (Wildman–Crippen LogP) is 4.15. The van der Waals surface area contributed by atoms with Crippen molar-refractivity contribution in [1.29, 1.82) is 0 Å². The van der Waals surface area contributed by atoms with E-state index in [1.165, 1.54) is 4.68 Å². The summed E-state index contributed by atoms with van der Waals surface area (Å²) in [6.07, 6.45) is 5.11. The maximum atomic E-state index is 11.8. The van der Waals surface area contributed by atoms with Gasteiger partial charge in [0.25, 0.3) is 0 Å². The van der Waals surface area contributed by atoms with E-state index in [2.05, 4.69) is 14.8 Å². The highest BCUT2D eigenvalue weighted by molar-refractivity contribution is 7.92. The number of allylic oxidation sites excluding steroid dienone is 1. The number of carboxylic acids is 1. The van der Waals surface area contributed by atoms with E-state index < -0.39 is 16.0 Å². The summed E-state index contributed by atoms with van der Waals surface area (Å²) in [7, 11) is -3.43. The van der Waals surface area contributed by atoms with Crippen LogP contribution in [0.3, 0.4) is 0 Å². The molecule has 9 nitrogen and oxygen atoms in total. The van der Waals surface area contributed by atoms with Crippen LogP contribution in [-0.4, -0.2) is 40.5 Å². The van der Waals surface area contributed by atoms with Gasteiger partial charge in [0, 0.05) is 22.8 Å². The van der Waals surface area contributed by atoms with Crippen LogP contribution in [0.25, 0.3) is 22.0 Å². The lowest BCUT2D eigenvalue weighted by Gasteiger charge is -2.18. The van der Waals surface area contributed by atoms with Crippen molar-refractivity contribution in [2.75, 3.05) is 11.0 Å². The summed E-state index contributed by atoms with van der Waals surface area (Å²) in [6, 6.07) is 15.0. The summed E-state index contributed by atoms with van der Waals surface area (Å²) >= 11 is 0. The van der Waals surface area contributed by atoms with Gasteiger partial charge in [-0.3, -0.25) is 14.2 Å². The molecule has 0 saturated heterocycles. The fourth-order valence-electron chi connectivity index (χ4n) is 4.60. The molecule has 36 heavy (non-hydrogen) atoms. The van der Waals surface area contributed by atoms with E-state index in [4.69, 9.17) is 4.74 Å². The fraction of sp³-hybridized carbons (Fsp3) is 0.192. The van der Waals surface area contributed by atoms with E-state index in [0.717, 1.165) is 45.0 Å². The van der Waals surface area contributed by atoms with Crippen molar-refractivity contribution >= 4 is 43.7 Å². The lowest BCUT2D eigenvalue weighted by Crippen LogP contribution is -2.10. The second-order valence-corrected chi connectivity index (χ2v) is 10.3. The highest BCUT2D eigenvalue weighted by Crippen LogP contribution is 2.42. The molecule has 0 fully saturated rings. The van der Waals surface area contributed by atoms with Crippen LogP contribution in [-0.2, 0) is 28.0 Å². The number of aliphatic carboxylic acids is 1. The Morgan fingerprint density at radius 2 is 2.00 bits per heavy atom. The van der Waals surface area contributed by atoms with Gasteiger partial charge in [-0.25, -0.2) is 13.4 Å². The zero-order chi connectivity index (χ0) is 25.4. The lowest BCUT2D eigenvalue weighted by molar-refractivity contribution is -0.137. The molecule has 184 valence electrons. The highest BCUT2D eigenvalue weighted by Gasteiger charge is 2.25. The van der Waals surface area contributed by atoms with Crippen molar-refractivity contribution in [2.45, 2.75) is 26.5 Å². The Bertz CT molecular complexity index is 1640. The molecule has 2 N–H and O–H groups in total. The summed E-state index contributed by atoms with van der Waals surface area (Å²) in [6.45, 7) is 2.06. The second-order valence-electron chi connectivity index (χ2n) is 8.57. The number of aromatic nitrogens is 3. The SMILES string of the molecule is CC/C(=C1\c2cc3cnn(CC(=O)O)c3cc2COc2ncccc21)c1cccc(NS(C)(=O)=O)c1. The van der Waals surface area contributed by atoms with Crippen molar-refractivity contribution in [2.24, 2.45) is 0 Å². The van der Waals surface area contributed by atoms with Crippen LogP contribution in [0.15, 0.2) is 60.9 Å². The monoisotopic (exact) mass is 504 g/mol. The Balaban J connectivity index is 1.78. The van der Waals surface area contributed by atoms with Crippen LogP contribution in [0.5, 0.6) is 5.88 Å². The molecular weight excluding hydrogens is 480 g/mol. The molecule has 0 saturated carbocycles. The van der Waals surface area contributed by atoms with Gasteiger partial charge in [0.1, 0.15) is 13.2 Å². The van der Waals surface area contributed by atoms with Gasteiger partial charge in [-0.2, -0.15) is 5.10 Å². The van der Waals surface area contributed by atoms with Crippen LogP contribution < -0.4 is 9.46 Å². The molecule has 0 spiro atoms. The summed E-state index contributed by atoms with van der Waals surface area (Å²) in [5.41, 5.74) is 6.60. The lowest BCUT2D eigenvalue weighted by atomic mass is 9.86. The molecule has 10 heteroatoms. The maximum absolute atomic E-state index is 11.8. The van der Waals surface area contributed by atoms with E-state index in [0.29, 0.717) is 23.5 Å². The second kappa shape index (κ2) is 9.12. The summed E-state index contributed by atoms with van der Waals surface area (Å²) in [5, 5.41) is 14.3. The first-order valence-corrected chi connectivity index (χ1v) is 13.2. The van der Waals surface area contributed by atoms with Crippen molar-refractivity contribution in [1.82, 2.24) is 14.8 Å². The average Bonchev–Trinajstić information content (AvgIpc) is 3.12. The van der Waals surface area contributed by atoms with E-state index in [-0.39, 0.29) is 13.2 Å². The molecule has 0 bridgehead atoms. The van der Waals surface area contributed by atoms with Gasteiger partial charge in [0.2, 0.25) is 15.9 Å². The van der Waals surface area contributed by atoms with Gasteiger partial charge in [-0.05, 0) is 70.7 Å². The fourth-order valence-corrected chi connectivity index (χ4v) is 5.15. The number of fused-ring (bicyclic) bond motifs is 3. The average molecular weight is 505 g/mol. The molecule has 0 amide bonds. The number of anilines is 1. The number of carboxylic acid groups (broad SMARTS) is 1. The van der Waals surface area contributed by atoms with Gasteiger partial charge >= 0.3 is 5.97 Å². The minimum absolute atomic E-state index is 0.242. The first-order valence-electron chi connectivity index (χ1n) is 11.3. The van der Waals surface area contributed by atoms with Crippen molar-refractivity contribution in [3.8, 4) is 5.88 Å². The molecule has 0 unspecified atom stereocenters. The molecule has 1 aliphatic rings. The number of pyridine rings is 1. The topological polar surface area (TPSA) is 123 Å². The number of nitrogens with zero attached hydrogens (tertiary/aromatic N) is 3. The van der Waals surface area contributed by atoms with Gasteiger partial charge in [0.05, 0.1) is 18.0 Å². The van der Waals surface area contributed by atoms with E-state index >= 15 is 0 Å². The zero-order valence-electron chi connectivity index (χ0n) is 19.7. The number of hydrogen-bond donors (Lipinski definition) is 2. The van der Waals surface area contributed by atoms with Crippen LogP contribution in [0.4, 0.5) is 5.69 Å². The number of carbonyl (C=O) groups is 1. The number of hydrogen-bond acceptors (Lipinski definition) is 6. The third kappa shape index (κ3) is 4.55. The smallest absolute Gasteiger partial charge is 0.325 e. The van der Waals surface area contributed by atoms with E-state index in [9.17, 15) is 18.3 Å². The molecule has 1 aliphatic heterocycles. The summed E-state index contributed by atoms with van der Waals surface area (Å²) in [4.78, 5) is 15.8. The van der Waals surface area contributed by atoms with Gasteiger partial charge < -0.3 is 9.84 Å². The third-order valence-corrected chi connectivity index (χ3v) is 6.60. The number of ether oxygens (including phenoxy) is 1. The first-order chi connectivity index (χ1) is 17.2. The Hall–Kier alpha value is -4.18. The Kier molecular flexibility index (Phi) is 5.97. The largest absolute Gasteiger partial charge is 0.480 e. The normalized spacial score (nSPS) is 14.4. The summed E-state index contributed by atoms with van der Waals surface area (Å²) < 4.78 is 33.7. The van der Waals surface area contributed by atoms with Crippen LogP contribution in [0.1, 0.15) is 35.6 Å². The molecule has 0 aliphatic carbocycles. The zero-order valence-corrected chi connectivity index (χ0v) is 20.5. The molecule has 3 heterocycles. The standard InChI is InChI=1S/C26H24N4O5S/c1-3-20(16-6-4-7-19(10-16)29-36(2,33)34)25-21-8-5-9-27-26(21)35-15-18-12-23-17(11-22(18)25)13-28-30(23)14-24(31)32/h4-13,29H,3,14-15H2,1-2H3,(H,31,32)/b25-20+. The molecule has 2 aromatic heterocycles. The number of nitrogens with one attached hydrogen (secondary N) is 1. The van der Waals surface area contributed by atoms with Gasteiger partial charge in [-0.1, -0.05) is 19.1 Å². The van der Waals surface area contributed by atoms with Crippen molar-refractivity contribution in [3.05, 3.63) is 83.2 Å². The van der Waals surface area contributed by atoms with Crippen LogP contribution in [0, 0.1) is 0 Å². The van der Waals surface area contributed by atoms with E-state index in [1.54, 1.807) is 18.5 Å². The molecule has 0 radical (unpaired) electrons. The molecular formula is C26H24N4O5S. The van der Waals surface area contributed by atoms with Gasteiger partial charge in [0.15, 0.2) is 0 Å². The van der Waals surface area contributed by atoms with E-state index in [1.807, 2.05) is 49.4 Å². The van der Waals surface area contributed by atoms with Crippen molar-refractivity contribution < 1.29 is 23.1 Å². The number of benzene rings is 2. The summed E-state index contributed by atoms with van der Waals surface area (Å²) in [5.74, 6) is -0.476. The minimum Gasteiger partial charge on any atom is -0.480 e. The number of sulfonamides is 1. The maximum Gasteiger partial charge on any atom is 0.325 e. The Morgan fingerprint density at radius 1 is 1.17 bits per heavy atom. The van der Waals surface area contributed by atoms with Gasteiger partial charge in [-0.15, -0.1) is 0 Å². The Labute approximate surface area is 208 Å². The van der Waals surface area contributed by atoms with Crippen LogP contribution >= 0.6 is 0 Å².